The largest absolute Gasteiger partial charge is 0.489 e. The summed E-state index contributed by atoms with van der Waals surface area (Å²) in [6.07, 6.45) is 1.50. The molecule has 6 nitrogen and oxygen atoms in total. The minimum atomic E-state index is -0.873. The van der Waals surface area contributed by atoms with Gasteiger partial charge in [0.2, 0.25) is 0 Å². The fourth-order valence-electron chi connectivity index (χ4n) is 3.14. The first-order chi connectivity index (χ1) is 16.3. The van der Waals surface area contributed by atoms with Crippen LogP contribution in [0.2, 0.25) is 0 Å². The molecule has 0 saturated heterocycles. The van der Waals surface area contributed by atoms with Crippen molar-refractivity contribution >= 4 is 18.0 Å². The summed E-state index contributed by atoms with van der Waals surface area (Å²) in [5.74, 6) is -1.30. The average molecular weight is 462 g/mol. The van der Waals surface area contributed by atoms with E-state index in [1.54, 1.807) is 19.9 Å². The number of carbonyl (C=O) groups is 2. The summed E-state index contributed by atoms with van der Waals surface area (Å²) in [6.45, 7) is 6.08. The monoisotopic (exact) mass is 461 g/mol. The molecule has 3 aromatic rings. The van der Waals surface area contributed by atoms with Gasteiger partial charge in [0.1, 0.15) is 24.2 Å². The van der Waals surface area contributed by atoms with E-state index in [0.29, 0.717) is 6.61 Å². The van der Waals surface area contributed by atoms with Gasteiger partial charge in [0.25, 0.3) is 11.8 Å². The molecule has 1 unspecified atom stereocenters. The number of amides is 2. The highest BCUT2D eigenvalue weighted by atomic mass is 19.1. The Balaban J connectivity index is 1.53. The lowest BCUT2D eigenvalue weighted by Crippen LogP contribution is -2.48. The van der Waals surface area contributed by atoms with Gasteiger partial charge in [0.05, 0.1) is 11.8 Å². The maximum absolute atomic E-state index is 13.9. The molecule has 0 aliphatic heterocycles. The molecule has 3 rings (SSSR count). The SMILES string of the molecule is Cc1ccc(COc2ccc(/C=N/NC(=O)C(NC(=O)c3ccccc3F)C(C)C)cc2)cc1. The molecule has 3 aromatic carbocycles. The molecule has 34 heavy (non-hydrogen) atoms. The van der Waals surface area contributed by atoms with Gasteiger partial charge in [-0.3, -0.25) is 9.59 Å². The molecule has 0 aromatic heterocycles. The van der Waals surface area contributed by atoms with Crippen LogP contribution in [0.3, 0.4) is 0 Å². The van der Waals surface area contributed by atoms with Crippen LogP contribution >= 0.6 is 0 Å². The smallest absolute Gasteiger partial charge is 0.262 e. The predicted octanol–water partition coefficient (Wildman–Crippen LogP) is 4.62. The average Bonchev–Trinajstić information content (AvgIpc) is 2.83. The second kappa shape index (κ2) is 11.7. The van der Waals surface area contributed by atoms with E-state index in [2.05, 4.69) is 15.8 Å². The molecule has 176 valence electrons. The molecule has 2 amide bonds. The molecule has 1 atom stereocenters. The van der Waals surface area contributed by atoms with Crippen molar-refractivity contribution in [3.8, 4) is 5.75 Å². The number of hydrogen-bond donors (Lipinski definition) is 2. The van der Waals surface area contributed by atoms with E-state index in [9.17, 15) is 14.0 Å². The number of halogens is 1. The normalized spacial score (nSPS) is 11.9. The number of aryl methyl sites for hydroxylation is 1. The Labute approximate surface area is 198 Å². The van der Waals surface area contributed by atoms with Gasteiger partial charge < -0.3 is 10.1 Å². The summed E-state index contributed by atoms with van der Waals surface area (Å²) in [6, 6.07) is 20.2. The van der Waals surface area contributed by atoms with Crippen molar-refractivity contribution in [3.05, 3.63) is 101 Å². The van der Waals surface area contributed by atoms with E-state index >= 15 is 0 Å². The standard InChI is InChI=1S/C27H28FN3O3/c1-18(2)25(30-26(32)23-6-4-5-7-24(23)28)27(33)31-29-16-20-12-14-22(15-13-20)34-17-21-10-8-19(3)9-11-21/h4-16,18,25H,17H2,1-3H3,(H,30,32)(H,31,33)/b29-16+. The van der Waals surface area contributed by atoms with Crippen LogP contribution in [0.1, 0.15) is 40.9 Å². The topological polar surface area (TPSA) is 79.8 Å². The van der Waals surface area contributed by atoms with E-state index in [-0.39, 0.29) is 11.5 Å². The minimum Gasteiger partial charge on any atom is -0.489 e. The molecule has 0 fully saturated rings. The molecule has 0 heterocycles. The molecule has 0 saturated carbocycles. The lowest BCUT2D eigenvalue weighted by Gasteiger charge is -2.20. The lowest BCUT2D eigenvalue weighted by molar-refractivity contribution is -0.123. The van der Waals surface area contributed by atoms with E-state index in [0.717, 1.165) is 16.9 Å². The number of benzene rings is 3. The van der Waals surface area contributed by atoms with E-state index in [1.165, 1.54) is 30.0 Å². The Morgan fingerprint density at radius 3 is 2.32 bits per heavy atom. The van der Waals surface area contributed by atoms with Crippen LogP contribution in [0, 0.1) is 18.7 Å². The van der Waals surface area contributed by atoms with Gasteiger partial charge in [-0.15, -0.1) is 0 Å². The first kappa shape index (κ1) is 24.6. The molecule has 0 radical (unpaired) electrons. The minimum absolute atomic E-state index is 0.117. The zero-order valence-electron chi connectivity index (χ0n) is 19.4. The Hall–Kier alpha value is -4.00. The molecule has 7 heteroatoms. The van der Waals surface area contributed by atoms with E-state index < -0.39 is 23.7 Å². The van der Waals surface area contributed by atoms with Gasteiger partial charge in [0.15, 0.2) is 0 Å². The number of nitrogens with zero attached hydrogens (tertiary/aromatic N) is 1. The third kappa shape index (κ3) is 7.00. The maximum Gasteiger partial charge on any atom is 0.262 e. The fraction of sp³-hybridized carbons (Fsp3) is 0.222. The number of rotatable bonds is 9. The van der Waals surface area contributed by atoms with Gasteiger partial charge in [0, 0.05) is 0 Å². The van der Waals surface area contributed by atoms with Crippen LogP contribution < -0.4 is 15.5 Å². The fourth-order valence-corrected chi connectivity index (χ4v) is 3.14. The summed E-state index contributed by atoms with van der Waals surface area (Å²) in [5, 5.41) is 6.56. The number of hydrazone groups is 1. The summed E-state index contributed by atoms with van der Waals surface area (Å²) < 4.78 is 19.7. The van der Waals surface area contributed by atoms with Gasteiger partial charge >= 0.3 is 0 Å². The van der Waals surface area contributed by atoms with Crippen molar-refractivity contribution in [2.75, 3.05) is 0 Å². The van der Waals surface area contributed by atoms with Crippen LogP contribution in [0.15, 0.2) is 77.9 Å². The van der Waals surface area contributed by atoms with Crippen molar-refractivity contribution in [3.63, 3.8) is 0 Å². The Morgan fingerprint density at radius 1 is 1.00 bits per heavy atom. The van der Waals surface area contributed by atoms with E-state index in [4.69, 9.17) is 4.74 Å². The molecular weight excluding hydrogens is 433 g/mol. The van der Waals surface area contributed by atoms with Crippen molar-refractivity contribution in [1.82, 2.24) is 10.7 Å². The molecule has 2 N–H and O–H groups in total. The van der Waals surface area contributed by atoms with Crippen LogP contribution in [0.25, 0.3) is 0 Å². The molecular formula is C27H28FN3O3. The van der Waals surface area contributed by atoms with Crippen molar-refractivity contribution in [2.24, 2.45) is 11.0 Å². The second-order valence-corrected chi connectivity index (χ2v) is 8.25. The van der Waals surface area contributed by atoms with Crippen LogP contribution in [0.5, 0.6) is 5.75 Å². The van der Waals surface area contributed by atoms with Gasteiger partial charge in [-0.25, -0.2) is 9.82 Å². The van der Waals surface area contributed by atoms with Crippen molar-refractivity contribution < 1.29 is 18.7 Å². The third-order valence-electron chi connectivity index (χ3n) is 5.15. The lowest BCUT2D eigenvalue weighted by atomic mass is 10.0. The number of carbonyl (C=O) groups excluding carboxylic acids is 2. The maximum atomic E-state index is 13.9. The summed E-state index contributed by atoms with van der Waals surface area (Å²) in [5.41, 5.74) is 5.37. The highest BCUT2D eigenvalue weighted by Crippen LogP contribution is 2.14. The molecule has 0 aliphatic carbocycles. The summed E-state index contributed by atoms with van der Waals surface area (Å²) in [4.78, 5) is 25.0. The van der Waals surface area contributed by atoms with Gasteiger partial charge in [-0.05, 0) is 60.4 Å². The van der Waals surface area contributed by atoms with Crippen molar-refractivity contribution in [2.45, 2.75) is 33.4 Å². The number of hydrogen-bond acceptors (Lipinski definition) is 4. The zero-order valence-corrected chi connectivity index (χ0v) is 19.4. The summed E-state index contributed by atoms with van der Waals surface area (Å²) in [7, 11) is 0. The Kier molecular flexibility index (Phi) is 8.51. The Bertz CT molecular complexity index is 1140. The van der Waals surface area contributed by atoms with Crippen LogP contribution in [-0.4, -0.2) is 24.1 Å². The molecule has 0 bridgehead atoms. The van der Waals surface area contributed by atoms with Crippen LogP contribution in [-0.2, 0) is 11.4 Å². The molecule has 0 spiro atoms. The molecule has 0 aliphatic rings. The Morgan fingerprint density at radius 2 is 1.68 bits per heavy atom. The first-order valence-electron chi connectivity index (χ1n) is 11.0. The number of ether oxygens (including phenoxy) is 1. The number of nitrogens with one attached hydrogen (secondary N) is 2. The van der Waals surface area contributed by atoms with Gasteiger partial charge in [-0.1, -0.05) is 55.8 Å². The van der Waals surface area contributed by atoms with Crippen LogP contribution in [0.4, 0.5) is 4.39 Å². The van der Waals surface area contributed by atoms with Gasteiger partial charge in [-0.2, -0.15) is 5.10 Å². The quantitative estimate of drug-likeness (QED) is 0.361. The predicted molar refractivity (Wildman–Crippen MR) is 130 cm³/mol. The second-order valence-electron chi connectivity index (χ2n) is 8.25. The summed E-state index contributed by atoms with van der Waals surface area (Å²) >= 11 is 0. The third-order valence-corrected chi connectivity index (χ3v) is 5.15. The van der Waals surface area contributed by atoms with Crippen molar-refractivity contribution in [1.29, 1.82) is 0 Å². The zero-order chi connectivity index (χ0) is 24.5. The highest BCUT2D eigenvalue weighted by molar-refractivity contribution is 5.98. The highest BCUT2D eigenvalue weighted by Gasteiger charge is 2.25. The van der Waals surface area contributed by atoms with E-state index in [1.807, 2.05) is 55.5 Å². The first-order valence-corrected chi connectivity index (χ1v) is 11.0.